The van der Waals surface area contributed by atoms with Crippen molar-refractivity contribution in [3.8, 4) is 17.0 Å². The van der Waals surface area contributed by atoms with Gasteiger partial charge in [-0.1, -0.05) is 6.07 Å². The van der Waals surface area contributed by atoms with E-state index in [0.29, 0.717) is 5.92 Å². The molecule has 3 heterocycles. The molecule has 144 valence electrons. The lowest BCUT2D eigenvalue weighted by Crippen LogP contribution is -2.27. The molecular weight excluding hydrogens is 354 g/mol. The molecule has 2 aromatic heterocycles. The van der Waals surface area contributed by atoms with E-state index in [-0.39, 0.29) is 6.54 Å². The average molecular weight is 377 g/mol. The molecule has 0 aliphatic carbocycles. The predicted molar refractivity (Wildman–Crippen MR) is 108 cm³/mol. The topological polar surface area (TPSA) is 75.5 Å². The van der Waals surface area contributed by atoms with Crippen LogP contribution in [0.5, 0.6) is 5.75 Å². The molecule has 1 aromatic carbocycles. The van der Waals surface area contributed by atoms with E-state index in [4.69, 9.17) is 9.84 Å². The molecule has 0 unspecified atom stereocenters. The number of nitrogens with zero attached hydrogens (tertiary/aromatic N) is 3. The number of aryl methyl sites for hydroxylation is 1. The number of carbonyl (C=O) groups is 1. The molecule has 0 amide bonds. The number of benzene rings is 1. The maximum atomic E-state index is 11.0. The van der Waals surface area contributed by atoms with Crippen LogP contribution in [-0.4, -0.2) is 52.7 Å². The fourth-order valence-corrected chi connectivity index (χ4v) is 3.97. The quantitative estimate of drug-likeness (QED) is 0.734. The Labute approximate surface area is 163 Å². The van der Waals surface area contributed by atoms with E-state index in [2.05, 4.69) is 22.1 Å². The van der Waals surface area contributed by atoms with Gasteiger partial charge in [-0.25, -0.2) is 4.98 Å². The van der Waals surface area contributed by atoms with Crippen LogP contribution >= 0.6 is 0 Å². The molecule has 1 aliphatic heterocycles. The third-order valence-corrected chi connectivity index (χ3v) is 5.34. The second-order valence-electron chi connectivity index (χ2n) is 7.25. The Bertz CT molecular complexity index is 1030. The van der Waals surface area contributed by atoms with Crippen LogP contribution in [-0.2, 0) is 4.79 Å². The highest BCUT2D eigenvalue weighted by atomic mass is 16.5. The summed E-state index contributed by atoms with van der Waals surface area (Å²) in [5.41, 5.74) is 4.88. The number of aromatic nitrogens is 2. The molecule has 1 saturated heterocycles. The first-order valence-corrected chi connectivity index (χ1v) is 9.40. The lowest BCUT2D eigenvalue weighted by molar-refractivity contribution is -0.138. The Morgan fingerprint density at radius 2 is 2.14 bits per heavy atom. The van der Waals surface area contributed by atoms with E-state index >= 15 is 0 Å². The maximum absolute atomic E-state index is 11.0. The van der Waals surface area contributed by atoms with Crippen LogP contribution in [0.25, 0.3) is 22.2 Å². The van der Waals surface area contributed by atoms with Crippen molar-refractivity contribution in [2.24, 2.45) is 0 Å². The first-order valence-electron chi connectivity index (χ1n) is 9.40. The first kappa shape index (κ1) is 18.4. The highest BCUT2D eigenvalue weighted by Crippen LogP contribution is 2.34. The van der Waals surface area contributed by atoms with Gasteiger partial charge in [0.15, 0.2) is 0 Å². The second-order valence-corrected chi connectivity index (χ2v) is 7.25. The number of hydrogen-bond acceptors (Lipinski definition) is 5. The van der Waals surface area contributed by atoms with Gasteiger partial charge in [-0.05, 0) is 61.7 Å². The lowest BCUT2D eigenvalue weighted by atomic mass is 9.96. The largest absolute Gasteiger partial charge is 0.494 e. The third-order valence-electron chi connectivity index (χ3n) is 5.34. The van der Waals surface area contributed by atoms with Gasteiger partial charge >= 0.3 is 5.97 Å². The summed E-state index contributed by atoms with van der Waals surface area (Å²) < 4.78 is 5.49. The van der Waals surface area contributed by atoms with Crippen LogP contribution in [0.2, 0.25) is 0 Å². The summed E-state index contributed by atoms with van der Waals surface area (Å²) in [6.45, 7) is 3.64. The van der Waals surface area contributed by atoms with Gasteiger partial charge in [-0.2, -0.15) is 0 Å². The first-order chi connectivity index (χ1) is 13.5. The molecule has 4 rings (SSSR count). The third kappa shape index (κ3) is 3.55. The summed E-state index contributed by atoms with van der Waals surface area (Å²) in [5.74, 6) is 0.299. The van der Waals surface area contributed by atoms with Crippen molar-refractivity contribution in [2.45, 2.75) is 19.3 Å². The van der Waals surface area contributed by atoms with Gasteiger partial charge in [0, 0.05) is 29.4 Å². The van der Waals surface area contributed by atoms with Crippen molar-refractivity contribution < 1.29 is 14.6 Å². The minimum absolute atomic E-state index is 0.0998. The van der Waals surface area contributed by atoms with E-state index in [1.165, 1.54) is 5.56 Å². The van der Waals surface area contributed by atoms with Gasteiger partial charge in [0.05, 0.1) is 19.3 Å². The fraction of sp³-hybridized carbons (Fsp3) is 0.318. The molecule has 0 spiro atoms. The Morgan fingerprint density at radius 1 is 1.29 bits per heavy atom. The van der Waals surface area contributed by atoms with Gasteiger partial charge < -0.3 is 9.84 Å². The molecule has 28 heavy (non-hydrogen) atoms. The standard InChI is InChI=1S/C22H23N3O3/c1-14-3-4-18-17(5-6-20(28-2)22(18)24-14)19-11-15(7-9-23-19)16-8-10-25(12-16)13-21(26)27/h3-7,9,11,16H,8,10,12-13H2,1-2H3,(H,26,27)/t16-/m0/s1. The maximum Gasteiger partial charge on any atom is 0.317 e. The summed E-state index contributed by atoms with van der Waals surface area (Å²) in [5, 5.41) is 10.0. The molecule has 3 aromatic rings. The number of aliphatic carboxylic acids is 1. The van der Waals surface area contributed by atoms with Crippen molar-refractivity contribution in [3.63, 3.8) is 0 Å². The summed E-state index contributed by atoms with van der Waals surface area (Å²) in [6.07, 6.45) is 2.79. The lowest BCUT2D eigenvalue weighted by Gasteiger charge is -2.15. The van der Waals surface area contributed by atoms with Crippen molar-refractivity contribution in [1.82, 2.24) is 14.9 Å². The molecule has 1 aliphatic rings. The van der Waals surface area contributed by atoms with Crippen LogP contribution < -0.4 is 4.74 Å². The Morgan fingerprint density at radius 3 is 2.93 bits per heavy atom. The molecule has 6 heteroatoms. The highest BCUT2D eigenvalue weighted by Gasteiger charge is 2.25. The van der Waals surface area contributed by atoms with Crippen molar-refractivity contribution in [1.29, 1.82) is 0 Å². The summed E-state index contributed by atoms with van der Waals surface area (Å²) in [4.78, 5) is 22.2. The smallest absolute Gasteiger partial charge is 0.317 e. The van der Waals surface area contributed by atoms with Crippen LogP contribution in [0.15, 0.2) is 42.6 Å². The summed E-state index contributed by atoms with van der Waals surface area (Å²) >= 11 is 0. The van der Waals surface area contributed by atoms with Crippen LogP contribution in [0.3, 0.4) is 0 Å². The number of ether oxygens (including phenoxy) is 1. The van der Waals surface area contributed by atoms with Crippen LogP contribution in [0.4, 0.5) is 0 Å². The molecular formula is C22H23N3O3. The van der Waals surface area contributed by atoms with Gasteiger partial charge in [-0.15, -0.1) is 0 Å². The minimum Gasteiger partial charge on any atom is -0.494 e. The molecule has 0 saturated carbocycles. The Balaban J connectivity index is 1.70. The number of rotatable bonds is 5. The highest BCUT2D eigenvalue weighted by molar-refractivity contribution is 5.97. The van der Waals surface area contributed by atoms with Gasteiger partial charge in [0.25, 0.3) is 0 Å². The van der Waals surface area contributed by atoms with Crippen molar-refractivity contribution in [3.05, 3.63) is 53.9 Å². The number of fused-ring (bicyclic) bond motifs is 1. The second kappa shape index (κ2) is 7.56. The Kier molecular flexibility index (Phi) is 4.96. The van der Waals surface area contributed by atoms with Gasteiger partial charge in [0.1, 0.15) is 11.3 Å². The van der Waals surface area contributed by atoms with Gasteiger partial charge in [-0.3, -0.25) is 14.7 Å². The predicted octanol–water partition coefficient (Wildman–Crippen LogP) is 3.49. The zero-order valence-corrected chi connectivity index (χ0v) is 16.1. The molecule has 1 N–H and O–H groups in total. The fourth-order valence-electron chi connectivity index (χ4n) is 3.97. The number of methoxy groups -OCH3 is 1. The SMILES string of the molecule is COc1ccc(-c2cc([C@H]3CCN(CC(=O)O)C3)ccn2)c2ccc(C)nc12. The Hall–Kier alpha value is -2.99. The minimum atomic E-state index is -0.774. The van der Waals surface area contributed by atoms with Crippen molar-refractivity contribution in [2.75, 3.05) is 26.7 Å². The molecule has 1 fully saturated rings. The van der Waals surface area contributed by atoms with E-state index in [1.807, 2.05) is 42.3 Å². The van der Waals surface area contributed by atoms with Crippen LogP contribution in [0, 0.1) is 6.92 Å². The molecule has 0 bridgehead atoms. The average Bonchev–Trinajstić information content (AvgIpc) is 3.15. The van der Waals surface area contributed by atoms with E-state index in [1.54, 1.807) is 7.11 Å². The number of pyridine rings is 2. The molecule has 1 atom stereocenters. The van der Waals surface area contributed by atoms with Gasteiger partial charge in [0.2, 0.25) is 0 Å². The van der Waals surface area contributed by atoms with E-state index in [0.717, 1.165) is 53.1 Å². The zero-order valence-electron chi connectivity index (χ0n) is 16.1. The van der Waals surface area contributed by atoms with E-state index in [9.17, 15) is 4.79 Å². The van der Waals surface area contributed by atoms with Crippen molar-refractivity contribution >= 4 is 16.9 Å². The molecule has 0 radical (unpaired) electrons. The normalized spacial score (nSPS) is 17.1. The monoisotopic (exact) mass is 377 g/mol. The number of likely N-dealkylation sites (tertiary alicyclic amines) is 1. The number of hydrogen-bond donors (Lipinski definition) is 1. The number of carboxylic acids is 1. The summed E-state index contributed by atoms with van der Waals surface area (Å²) in [7, 11) is 1.65. The zero-order chi connectivity index (χ0) is 19.7. The molecule has 6 nitrogen and oxygen atoms in total. The summed E-state index contributed by atoms with van der Waals surface area (Å²) in [6, 6.07) is 12.2. The van der Waals surface area contributed by atoms with E-state index < -0.39 is 5.97 Å². The number of carboxylic acid groups (broad SMARTS) is 1. The van der Waals surface area contributed by atoms with Crippen LogP contribution in [0.1, 0.15) is 23.6 Å².